The number of hydrogen-bond donors (Lipinski definition) is 0. The van der Waals surface area contributed by atoms with E-state index < -0.39 is 0 Å². The van der Waals surface area contributed by atoms with E-state index in [9.17, 15) is 4.79 Å². The van der Waals surface area contributed by atoms with Gasteiger partial charge >= 0.3 is 5.97 Å². The monoisotopic (exact) mass is 328 g/mol. The van der Waals surface area contributed by atoms with Crippen LogP contribution in [0, 0.1) is 6.92 Å². The summed E-state index contributed by atoms with van der Waals surface area (Å²) in [5.41, 5.74) is 3.38. The van der Waals surface area contributed by atoms with Crippen LogP contribution in [0.3, 0.4) is 0 Å². The number of esters is 1. The van der Waals surface area contributed by atoms with Gasteiger partial charge in [0.1, 0.15) is 5.76 Å². The summed E-state index contributed by atoms with van der Waals surface area (Å²) < 4.78 is 10.5. The van der Waals surface area contributed by atoms with E-state index in [4.69, 9.17) is 9.15 Å². The summed E-state index contributed by atoms with van der Waals surface area (Å²) in [5, 5.41) is 0. The lowest BCUT2D eigenvalue weighted by molar-refractivity contribution is 0.0600. The Kier molecular flexibility index (Phi) is 5.93. The highest BCUT2D eigenvalue weighted by Crippen LogP contribution is 2.23. The maximum absolute atomic E-state index is 11.5. The van der Waals surface area contributed by atoms with Crippen molar-refractivity contribution in [1.29, 1.82) is 0 Å². The molecule has 24 heavy (non-hydrogen) atoms. The first-order chi connectivity index (χ1) is 11.4. The van der Waals surface area contributed by atoms with Crippen molar-refractivity contribution >= 4 is 5.97 Å². The molecule has 5 nitrogen and oxygen atoms in total. The van der Waals surface area contributed by atoms with E-state index in [0.29, 0.717) is 11.5 Å². The quantitative estimate of drug-likeness (QED) is 0.571. The number of rotatable bonds is 7. The van der Waals surface area contributed by atoms with Crippen LogP contribution >= 0.6 is 0 Å². The fourth-order valence-electron chi connectivity index (χ4n) is 2.44. The zero-order valence-corrected chi connectivity index (χ0v) is 14.8. The molecule has 1 heterocycles. The molecule has 0 aliphatic rings. The van der Waals surface area contributed by atoms with Crippen LogP contribution in [0.5, 0.6) is 0 Å². The summed E-state index contributed by atoms with van der Waals surface area (Å²) >= 11 is 0. The minimum Gasteiger partial charge on any atom is -0.465 e. The van der Waals surface area contributed by atoms with E-state index in [2.05, 4.69) is 23.4 Å². The van der Waals surface area contributed by atoms with Gasteiger partial charge in [-0.1, -0.05) is 19.1 Å². The number of nitrogens with zero attached hydrogens (tertiary/aromatic N) is 2. The van der Waals surface area contributed by atoms with Gasteiger partial charge in [-0.2, -0.15) is 0 Å². The molecule has 0 saturated heterocycles. The molecule has 0 unspecified atom stereocenters. The number of likely N-dealkylation sites (N-methyl/N-ethyl adjacent to an activating group) is 1. The second-order valence-electron chi connectivity index (χ2n) is 5.85. The van der Waals surface area contributed by atoms with Crippen LogP contribution in [-0.4, -0.2) is 36.1 Å². The van der Waals surface area contributed by atoms with E-state index in [-0.39, 0.29) is 5.97 Å². The summed E-state index contributed by atoms with van der Waals surface area (Å²) in [5.74, 6) is 1.01. The van der Waals surface area contributed by atoms with Crippen molar-refractivity contribution in [3.05, 3.63) is 53.4 Å². The number of carbonyl (C=O) groups is 1. The summed E-state index contributed by atoms with van der Waals surface area (Å²) in [7, 11) is 1.37. The van der Waals surface area contributed by atoms with Crippen molar-refractivity contribution in [2.75, 3.05) is 20.2 Å². The van der Waals surface area contributed by atoms with Crippen molar-refractivity contribution in [1.82, 2.24) is 9.88 Å². The van der Waals surface area contributed by atoms with E-state index in [1.807, 2.05) is 26.0 Å². The van der Waals surface area contributed by atoms with Crippen LogP contribution in [0.1, 0.15) is 35.7 Å². The number of oxazole rings is 1. The van der Waals surface area contributed by atoms with Crippen LogP contribution in [0.25, 0.3) is 11.5 Å². The zero-order valence-electron chi connectivity index (χ0n) is 14.8. The predicted molar refractivity (Wildman–Crippen MR) is 93.8 cm³/mol. The molecule has 2 rings (SSSR count). The Morgan fingerprint density at radius 2 is 2.00 bits per heavy atom. The third-order valence-corrected chi connectivity index (χ3v) is 3.76. The van der Waals surface area contributed by atoms with Crippen LogP contribution in [0.4, 0.5) is 0 Å². The molecule has 0 saturated carbocycles. The average molecular weight is 328 g/mol. The molecule has 0 N–H and O–H groups in total. The second kappa shape index (κ2) is 7.93. The Morgan fingerprint density at radius 3 is 2.54 bits per heavy atom. The molecule has 0 bridgehead atoms. The molecule has 0 amide bonds. The molecule has 0 aliphatic heterocycles. The first kappa shape index (κ1) is 17.9. The minimum atomic E-state index is -0.357. The molecule has 0 atom stereocenters. The number of carbonyl (C=O) groups excluding carboxylic acids is 1. The minimum absolute atomic E-state index is 0.357. The summed E-state index contributed by atoms with van der Waals surface area (Å²) in [4.78, 5) is 18.4. The largest absolute Gasteiger partial charge is 0.465 e. The number of aromatic nitrogens is 1. The summed E-state index contributed by atoms with van der Waals surface area (Å²) in [6.45, 7) is 12.5. The van der Waals surface area contributed by atoms with Crippen LogP contribution in [-0.2, 0) is 11.3 Å². The summed E-state index contributed by atoms with van der Waals surface area (Å²) in [6.07, 6.45) is 0. The van der Waals surface area contributed by atoms with Gasteiger partial charge in [0.2, 0.25) is 5.89 Å². The highest BCUT2D eigenvalue weighted by molar-refractivity contribution is 5.89. The standard InChI is InChI=1S/C19H24N2O3/c1-6-21(11-13(2)3)12-17-14(4)24-18(20-17)15-7-9-16(10-8-15)19(22)23-5/h7-10H,2,6,11-12H2,1,3-5H3. The van der Waals surface area contributed by atoms with Gasteiger partial charge in [-0.25, -0.2) is 9.78 Å². The number of benzene rings is 1. The van der Waals surface area contributed by atoms with E-state index in [1.165, 1.54) is 7.11 Å². The van der Waals surface area contributed by atoms with Crippen molar-refractivity contribution in [3.63, 3.8) is 0 Å². The van der Waals surface area contributed by atoms with Crippen LogP contribution in [0.15, 0.2) is 40.8 Å². The van der Waals surface area contributed by atoms with Gasteiger partial charge in [0.05, 0.1) is 18.4 Å². The Morgan fingerprint density at radius 1 is 1.33 bits per heavy atom. The Bertz CT molecular complexity index is 717. The number of ether oxygens (including phenoxy) is 1. The lowest BCUT2D eigenvalue weighted by Gasteiger charge is -2.19. The average Bonchev–Trinajstić information content (AvgIpc) is 2.94. The van der Waals surface area contributed by atoms with Crippen molar-refractivity contribution in [2.24, 2.45) is 0 Å². The molecule has 2 aromatic rings. The Hall–Kier alpha value is -2.40. The van der Waals surface area contributed by atoms with Gasteiger partial charge in [-0.15, -0.1) is 0 Å². The fourth-order valence-corrected chi connectivity index (χ4v) is 2.44. The molecule has 128 valence electrons. The van der Waals surface area contributed by atoms with Gasteiger partial charge in [-0.3, -0.25) is 4.90 Å². The maximum Gasteiger partial charge on any atom is 0.337 e. The van der Waals surface area contributed by atoms with Gasteiger partial charge in [0, 0.05) is 18.7 Å². The lowest BCUT2D eigenvalue weighted by Crippen LogP contribution is -2.25. The number of hydrogen-bond acceptors (Lipinski definition) is 5. The normalized spacial score (nSPS) is 10.9. The smallest absolute Gasteiger partial charge is 0.337 e. The molecule has 0 radical (unpaired) electrons. The molecule has 5 heteroatoms. The third-order valence-electron chi connectivity index (χ3n) is 3.76. The Labute approximate surface area is 142 Å². The van der Waals surface area contributed by atoms with Crippen LogP contribution < -0.4 is 0 Å². The molecule has 0 aliphatic carbocycles. The van der Waals surface area contributed by atoms with Gasteiger partial charge in [0.25, 0.3) is 0 Å². The first-order valence-electron chi connectivity index (χ1n) is 7.96. The molecule has 1 aromatic heterocycles. The summed E-state index contributed by atoms with van der Waals surface area (Å²) in [6, 6.07) is 7.04. The van der Waals surface area contributed by atoms with E-state index >= 15 is 0 Å². The number of aryl methyl sites for hydroxylation is 1. The van der Waals surface area contributed by atoms with Crippen molar-refractivity contribution in [2.45, 2.75) is 27.3 Å². The fraction of sp³-hybridized carbons (Fsp3) is 0.368. The Balaban J connectivity index is 2.18. The number of methoxy groups -OCH3 is 1. The predicted octanol–water partition coefficient (Wildman–Crippen LogP) is 3.83. The lowest BCUT2D eigenvalue weighted by atomic mass is 10.1. The zero-order chi connectivity index (χ0) is 17.7. The molecular weight excluding hydrogens is 304 g/mol. The van der Waals surface area contributed by atoms with E-state index in [0.717, 1.165) is 42.2 Å². The highest BCUT2D eigenvalue weighted by Gasteiger charge is 2.15. The SMILES string of the molecule is C=C(C)CN(CC)Cc1nc(-c2ccc(C(=O)OC)cc2)oc1C. The third kappa shape index (κ3) is 4.32. The van der Waals surface area contributed by atoms with Crippen molar-refractivity contribution < 1.29 is 13.9 Å². The van der Waals surface area contributed by atoms with Gasteiger partial charge in [-0.05, 0) is 44.7 Å². The second-order valence-corrected chi connectivity index (χ2v) is 5.85. The highest BCUT2D eigenvalue weighted by atomic mass is 16.5. The topological polar surface area (TPSA) is 55.6 Å². The molecular formula is C19H24N2O3. The van der Waals surface area contributed by atoms with Gasteiger partial charge < -0.3 is 9.15 Å². The van der Waals surface area contributed by atoms with Gasteiger partial charge in [0.15, 0.2) is 0 Å². The first-order valence-corrected chi connectivity index (χ1v) is 7.96. The molecule has 1 aromatic carbocycles. The van der Waals surface area contributed by atoms with Crippen molar-refractivity contribution in [3.8, 4) is 11.5 Å². The maximum atomic E-state index is 11.5. The molecule has 0 fully saturated rings. The molecule has 0 spiro atoms. The van der Waals surface area contributed by atoms with Crippen LogP contribution in [0.2, 0.25) is 0 Å². The van der Waals surface area contributed by atoms with E-state index in [1.54, 1.807) is 12.1 Å².